The molecular weight excluding hydrogens is 1740 g/mol. The molecule has 0 aliphatic carbocycles. The topological polar surface area (TPSA) is 83.2 Å². The molecule has 3 heterocycles. The van der Waals surface area contributed by atoms with E-state index in [0.29, 0.717) is 59.8 Å². The van der Waals surface area contributed by atoms with Crippen LogP contribution in [0.5, 0.6) is 11.5 Å². The first-order valence-electron chi connectivity index (χ1n) is 48.6. The van der Waals surface area contributed by atoms with Gasteiger partial charge >= 0.3 is 0 Å². The number of aromatic nitrogens is 3. The van der Waals surface area contributed by atoms with Gasteiger partial charge in [-0.2, -0.15) is 0 Å². The summed E-state index contributed by atoms with van der Waals surface area (Å²) >= 11 is 0. The van der Waals surface area contributed by atoms with Crippen LogP contribution in [-0.4, -0.2) is 19.9 Å². The average molecular weight is 1870 g/mol. The number of fused-ring (bicyclic) bond motifs is 6. The molecule has 0 bridgehead atoms. The van der Waals surface area contributed by atoms with Gasteiger partial charge in [0.25, 0.3) is 0 Å². The summed E-state index contributed by atoms with van der Waals surface area (Å²) in [5.74, 6) is -2.37. The Morgan fingerprint density at radius 2 is 0.568 bits per heavy atom. The third kappa shape index (κ3) is 18.6. The monoisotopic (exact) mass is 1870 g/mol. The van der Waals surface area contributed by atoms with Crippen LogP contribution in [0.1, 0.15) is 227 Å². The second kappa shape index (κ2) is 35.3. The highest BCUT2D eigenvalue weighted by atomic mass is 31.2. The number of carbonyl (C=O) groups excluding carboxylic acids is 1. The van der Waals surface area contributed by atoms with Gasteiger partial charge in [-0.3, -0.25) is 9.78 Å². The maximum absolute atomic E-state index is 18.7. The van der Waals surface area contributed by atoms with E-state index in [1.807, 2.05) is 133 Å². The molecule has 11 heteroatoms. The lowest BCUT2D eigenvalue weighted by Gasteiger charge is -2.25. The Kier molecular flexibility index (Phi) is 24.4. The molecule has 0 radical (unpaired) electrons. The van der Waals surface area contributed by atoms with E-state index in [-0.39, 0.29) is 65.9 Å². The normalized spacial score (nSPS) is 12.9. The van der Waals surface area contributed by atoms with Crippen molar-refractivity contribution in [1.29, 1.82) is 0 Å². The number of nitrogens with zero attached hydrogens (tertiary/aromatic N) is 3. The van der Waals surface area contributed by atoms with Gasteiger partial charge in [0.15, 0.2) is 20.1 Å². The number of ketones is 1. The first-order valence-corrected chi connectivity index (χ1v) is 52.0. The van der Waals surface area contributed by atoms with E-state index in [4.69, 9.17) is 9.72 Å². The van der Waals surface area contributed by atoms with Crippen molar-refractivity contribution in [1.82, 2.24) is 14.1 Å². The molecular formula is C128H127F2N3O4P2. The number of ether oxygens (including phenoxy) is 1. The third-order valence-corrected chi connectivity index (χ3v) is 34.1. The second-order valence-corrected chi connectivity index (χ2v) is 51.9. The molecule has 0 aliphatic heterocycles. The highest BCUT2D eigenvalue weighted by Gasteiger charge is 2.36. The highest BCUT2D eigenvalue weighted by molar-refractivity contribution is 7.85. The smallest absolute Gasteiger partial charge is 0.199 e. The summed E-state index contributed by atoms with van der Waals surface area (Å²) < 4.78 is 81.7. The summed E-state index contributed by atoms with van der Waals surface area (Å²) in [6.07, 6.45) is 1.51. The summed E-state index contributed by atoms with van der Waals surface area (Å²) in [5.41, 5.74) is 19.4. The minimum Gasteiger partial charge on any atom is -0.457 e. The fourth-order valence-electron chi connectivity index (χ4n) is 19.4. The molecule has 0 aliphatic rings. The molecule has 0 N–H and O–H groups in total. The Bertz CT molecular complexity index is 7320. The molecule has 702 valence electrons. The molecule has 7 nitrogen and oxygen atoms in total. The zero-order chi connectivity index (χ0) is 99.1. The molecule has 15 aromatic carbocycles. The minimum atomic E-state index is -3.62. The molecule has 139 heavy (non-hydrogen) atoms. The molecule has 0 atom stereocenters. The van der Waals surface area contributed by atoms with Crippen LogP contribution in [0.25, 0.3) is 111 Å². The van der Waals surface area contributed by atoms with E-state index in [9.17, 15) is 0 Å². The summed E-state index contributed by atoms with van der Waals surface area (Å²) in [4.78, 5) is 21.0. The van der Waals surface area contributed by atoms with Gasteiger partial charge in [-0.1, -0.05) is 348 Å². The van der Waals surface area contributed by atoms with E-state index < -0.39 is 37.3 Å². The maximum Gasteiger partial charge on any atom is 0.199 e. The number of pyridine rings is 1. The van der Waals surface area contributed by atoms with Crippen LogP contribution in [0.15, 0.2) is 334 Å². The number of hydrogen-bond donors (Lipinski definition) is 0. The van der Waals surface area contributed by atoms with Crippen molar-refractivity contribution < 1.29 is 27.4 Å². The highest BCUT2D eigenvalue weighted by Crippen LogP contribution is 2.50. The van der Waals surface area contributed by atoms with Crippen LogP contribution >= 0.6 is 14.3 Å². The summed E-state index contributed by atoms with van der Waals surface area (Å²) in [6.45, 7) is 53.0. The van der Waals surface area contributed by atoms with Gasteiger partial charge in [0, 0.05) is 88.1 Å². The molecule has 0 saturated heterocycles. The predicted octanol–water partition coefficient (Wildman–Crippen LogP) is 32.6. The molecule has 0 saturated carbocycles. The first kappa shape index (κ1) is 96.1. The molecule has 3 aromatic heterocycles. The Hall–Kier alpha value is -13.2. The summed E-state index contributed by atoms with van der Waals surface area (Å²) in [6, 6.07) is 110. The van der Waals surface area contributed by atoms with Crippen molar-refractivity contribution in [2.45, 2.75) is 209 Å². The van der Waals surface area contributed by atoms with Crippen LogP contribution in [-0.2, 0) is 52.5 Å². The molecule has 18 rings (SSSR count). The minimum absolute atomic E-state index is 0.0669. The van der Waals surface area contributed by atoms with Crippen molar-refractivity contribution >= 4 is 95.5 Å². The number of carbonyl (C=O) groups is 1. The standard InChI is InChI=1S/C128H127F2N3O4P2/c1-121(2,3)89-37-49-101(50-38-89)138(135,102-51-39-90(40-52-102)122(4,5)6)105-35-27-31-82(73-105)86-66-87(83-32-28-36-106(74-83)139(136,103-53-41-91(42-54-103)123(7,8)9)104-55-43-92(44-56-104)124(10,11)12)72-100(71-86)137-99-63-64-131-113(79-99)107-57-58-112(129)118(119(107)130)120(134)88-67-84(80-29-25-33-97(69-80)132-114-59-45-93(125(13,14)15)75-108(114)109-76-94(126(16,17)18)46-60-115(109)132)65-85(68-88)81-30-26-34-98(70-81)133-116-61-47-95(127(19,20)21)77-110(116)111-78-96(128(22,23)24)48-62-117(111)133/h25-79H,1-24H3. The van der Waals surface area contributed by atoms with Crippen LogP contribution in [0.4, 0.5) is 8.78 Å². The fraction of sp³-hybridized carbons (Fsp3) is 0.250. The van der Waals surface area contributed by atoms with Crippen molar-refractivity contribution in [2.75, 3.05) is 0 Å². The van der Waals surface area contributed by atoms with E-state index >= 15 is 22.7 Å². The second-order valence-electron chi connectivity index (χ2n) is 46.3. The zero-order valence-corrected chi connectivity index (χ0v) is 86.7. The quantitative estimate of drug-likeness (QED) is 0.0670. The zero-order valence-electron chi connectivity index (χ0n) is 84.9. The van der Waals surface area contributed by atoms with Crippen molar-refractivity contribution in [3.05, 3.63) is 401 Å². The van der Waals surface area contributed by atoms with E-state index in [0.717, 1.165) is 106 Å². The van der Waals surface area contributed by atoms with Crippen molar-refractivity contribution in [3.8, 4) is 78.6 Å². The number of hydrogen-bond acceptors (Lipinski definition) is 5. The van der Waals surface area contributed by atoms with E-state index in [2.05, 4.69) is 333 Å². The summed E-state index contributed by atoms with van der Waals surface area (Å²) in [7, 11) is -7.25. The van der Waals surface area contributed by atoms with Gasteiger partial charge < -0.3 is 23.0 Å². The lowest BCUT2D eigenvalue weighted by molar-refractivity contribution is 0.103. The van der Waals surface area contributed by atoms with Gasteiger partial charge in [0.2, 0.25) is 0 Å². The Morgan fingerprint density at radius 3 is 0.885 bits per heavy atom. The number of halogens is 2. The Morgan fingerprint density at radius 1 is 0.273 bits per heavy atom. The molecule has 0 unspecified atom stereocenters. The predicted molar refractivity (Wildman–Crippen MR) is 585 cm³/mol. The fourth-order valence-corrected chi connectivity index (χ4v) is 24.7. The molecule has 18 aromatic rings. The van der Waals surface area contributed by atoms with Crippen LogP contribution < -0.4 is 36.6 Å². The van der Waals surface area contributed by atoms with E-state index in [1.165, 1.54) is 34.5 Å². The maximum atomic E-state index is 18.7. The van der Waals surface area contributed by atoms with Gasteiger partial charge in [-0.15, -0.1) is 0 Å². The summed E-state index contributed by atoms with van der Waals surface area (Å²) in [5, 5.41) is 8.62. The molecule has 0 amide bonds. The van der Waals surface area contributed by atoms with Crippen LogP contribution in [0.2, 0.25) is 0 Å². The largest absolute Gasteiger partial charge is 0.457 e. The van der Waals surface area contributed by atoms with Crippen molar-refractivity contribution in [2.24, 2.45) is 0 Å². The SMILES string of the molecule is CC(C)(C)c1ccc(P(=O)(c2ccc(C(C)(C)C)cc2)c2cccc(-c3cc(Oc4ccnc(-c5ccc(F)c(C(=O)c6cc(-c7cccc(-n8c9ccc(C(C)(C)C)cc9c9cc(C(C)(C)C)ccc98)c7)cc(-c7cccc(-n8c9ccc(C(C)(C)C)cc9c9cc(C(C)(C)C)ccc98)c7)c6)c5F)c4)cc(-c4cccc(P(=O)(c5ccc(C(C)(C)C)cc5)c5ccc(C(C)(C)C)cc5)c4)c3)c2)cc1. The Labute approximate surface area is 820 Å². The van der Waals surface area contributed by atoms with Gasteiger partial charge in [0.05, 0.1) is 33.3 Å². The molecule has 0 fully saturated rings. The number of benzene rings is 15. The lowest BCUT2D eigenvalue weighted by Crippen LogP contribution is -2.26. The first-order chi connectivity index (χ1) is 65.4. The third-order valence-electron chi connectivity index (χ3n) is 28.0. The lowest BCUT2D eigenvalue weighted by atomic mass is 9.85. The van der Waals surface area contributed by atoms with Crippen LogP contribution in [0.3, 0.4) is 0 Å². The van der Waals surface area contributed by atoms with Crippen LogP contribution in [0, 0.1) is 11.6 Å². The van der Waals surface area contributed by atoms with E-state index in [1.54, 1.807) is 24.3 Å². The van der Waals surface area contributed by atoms with Gasteiger partial charge in [-0.05, 0) is 272 Å². The van der Waals surface area contributed by atoms with Gasteiger partial charge in [0.1, 0.15) is 23.1 Å². The molecule has 0 spiro atoms. The Balaban J connectivity index is 0.770. The van der Waals surface area contributed by atoms with Gasteiger partial charge in [-0.25, -0.2) is 8.78 Å². The average Bonchev–Trinajstić information content (AvgIpc) is 1.59. The number of rotatable bonds is 17. The van der Waals surface area contributed by atoms with Crippen molar-refractivity contribution in [3.63, 3.8) is 0 Å².